The van der Waals surface area contributed by atoms with Gasteiger partial charge in [0.05, 0.1) is 5.56 Å². The summed E-state index contributed by atoms with van der Waals surface area (Å²) in [5.41, 5.74) is 0.647. The molecule has 1 aromatic heterocycles. The topological polar surface area (TPSA) is 62.2 Å². The third-order valence-electron chi connectivity index (χ3n) is 3.36. The highest BCUT2D eigenvalue weighted by atomic mass is 16.2. The van der Waals surface area contributed by atoms with Gasteiger partial charge in [0.15, 0.2) is 0 Å². The molecule has 1 aliphatic carbocycles. The monoisotopic (exact) mass is 258 g/mol. The highest BCUT2D eigenvalue weighted by Crippen LogP contribution is 2.39. The summed E-state index contributed by atoms with van der Waals surface area (Å²) in [6.45, 7) is 3.83. The van der Waals surface area contributed by atoms with Crippen molar-refractivity contribution in [2.24, 2.45) is 5.92 Å². The van der Waals surface area contributed by atoms with Crippen LogP contribution in [0.2, 0.25) is 0 Å². The minimum atomic E-state index is -0.233. The number of aliphatic hydroxyl groups excluding tert-OH is 1. The lowest BCUT2D eigenvalue weighted by molar-refractivity contribution is 0.0898. The first-order valence-corrected chi connectivity index (χ1v) is 6.42. The van der Waals surface area contributed by atoms with Gasteiger partial charge < -0.3 is 10.4 Å². The number of nitrogens with one attached hydrogen (secondary N) is 1. The number of hydrogen-bond acceptors (Lipinski definition) is 3. The van der Waals surface area contributed by atoms with Gasteiger partial charge >= 0.3 is 0 Å². The fraction of sp³-hybridized carbons (Fsp3) is 0.467. The van der Waals surface area contributed by atoms with Crippen LogP contribution in [0.3, 0.4) is 0 Å². The summed E-state index contributed by atoms with van der Waals surface area (Å²) in [5, 5.41) is 11.7. The van der Waals surface area contributed by atoms with Gasteiger partial charge in [-0.2, -0.15) is 0 Å². The first kappa shape index (κ1) is 13.6. The second kappa shape index (κ2) is 5.41. The molecule has 0 aliphatic heterocycles. The SMILES string of the molecule is CC(C)(NC(=O)c1ncccc1C#CCO)C1CC1. The Morgan fingerprint density at radius 3 is 2.95 bits per heavy atom. The van der Waals surface area contributed by atoms with Crippen molar-refractivity contribution in [2.75, 3.05) is 6.61 Å². The van der Waals surface area contributed by atoms with Gasteiger partial charge in [0.1, 0.15) is 12.3 Å². The van der Waals surface area contributed by atoms with Crippen molar-refractivity contribution >= 4 is 5.91 Å². The van der Waals surface area contributed by atoms with E-state index in [4.69, 9.17) is 5.11 Å². The molecule has 1 aliphatic rings. The van der Waals surface area contributed by atoms with Gasteiger partial charge in [-0.1, -0.05) is 11.8 Å². The van der Waals surface area contributed by atoms with E-state index in [0.717, 1.165) is 12.8 Å². The normalized spacial score (nSPS) is 14.5. The molecule has 0 unspecified atom stereocenters. The summed E-state index contributed by atoms with van der Waals surface area (Å²) >= 11 is 0. The molecule has 1 amide bonds. The Balaban J connectivity index is 2.19. The van der Waals surface area contributed by atoms with Crippen molar-refractivity contribution in [1.82, 2.24) is 10.3 Å². The lowest BCUT2D eigenvalue weighted by Crippen LogP contribution is -2.45. The Morgan fingerprint density at radius 1 is 1.58 bits per heavy atom. The minimum Gasteiger partial charge on any atom is -0.384 e. The predicted octanol–water partition coefficient (Wildman–Crippen LogP) is 1.34. The molecule has 2 N–H and O–H groups in total. The molecular weight excluding hydrogens is 240 g/mol. The summed E-state index contributed by atoms with van der Waals surface area (Å²) in [5.74, 6) is 5.63. The maximum absolute atomic E-state index is 12.3. The van der Waals surface area contributed by atoms with Crippen LogP contribution in [0.15, 0.2) is 18.3 Å². The van der Waals surface area contributed by atoms with Gasteiger partial charge in [0, 0.05) is 11.7 Å². The van der Waals surface area contributed by atoms with Gasteiger partial charge in [-0.25, -0.2) is 4.98 Å². The van der Waals surface area contributed by atoms with E-state index in [-0.39, 0.29) is 18.1 Å². The highest BCUT2D eigenvalue weighted by Gasteiger charge is 2.39. The molecule has 1 saturated carbocycles. The fourth-order valence-electron chi connectivity index (χ4n) is 2.08. The zero-order valence-electron chi connectivity index (χ0n) is 11.2. The molecule has 2 rings (SSSR count). The molecule has 4 nitrogen and oxygen atoms in total. The van der Waals surface area contributed by atoms with E-state index in [0.29, 0.717) is 17.2 Å². The average Bonchev–Trinajstić information content (AvgIpc) is 3.20. The standard InChI is InChI=1S/C15H18N2O2/c1-15(2,12-7-8-12)17-14(19)13-11(6-4-10-18)5-3-9-16-13/h3,5,9,12,18H,7-8,10H2,1-2H3,(H,17,19). The Morgan fingerprint density at radius 2 is 2.32 bits per heavy atom. The van der Waals surface area contributed by atoms with E-state index in [1.54, 1.807) is 18.3 Å². The van der Waals surface area contributed by atoms with Crippen LogP contribution in [0.4, 0.5) is 0 Å². The molecule has 4 heteroatoms. The van der Waals surface area contributed by atoms with Crippen LogP contribution < -0.4 is 5.32 Å². The third-order valence-corrected chi connectivity index (χ3v) is 3.36. The summed E-state index contributed by atoms with van der Waals surface area (Å²) in [4.78, 5) is 16.4. The first-order valence-electron chi connectivity index (χ1n) is 6.42. The number of pyridine rings is 1. The predicted molar refractivity (Wildman–Crippen MR) is 72.5 cm³/mol. The van der Waals surface area contributed by atoms with Gasteiger partial charge in [-0.05, 0) is 44.7 Å². The molecular formula is C15H18N2O2. The number of carbonyl (C=O) groups excluding carboxylic acids is 1. The van der Waals surface area contributed by atoms with Crippen LogP contribution >= 0.6 is 0 Å². The van der Waals surface area contributed by atoms with E-state index in [9.17, 15) is 4.79 Å². The Bertz CT molecular complexity index is 537. The lowest BCUT2D eigenvalue weighted by Gasteiger charge is -2.26. The third kappa shape index (κ3) is 3.33. The van der Waals surface area contributed by atoms with Gasteiger partial charge in [-0.15, -0.1) is 0 Å². The molecule has 0 atom stereocenters. The number of nitrogens with zero attached hydrogens (tertiary/aromatic N) is 1. The quantitative estimate of drug-likeness (QED) is 0.804. The Labute approximate surface area is 113 Å². The zero-order chi connectivity index (χ0) is 13.9. The minimum absolute atomic E-state index is 0.209. The molecule has 1 heterocycles. The Hall–Kier alpha value is -1.86. The van der Waals surface area contributed by atoms with E-state index < -0.39 is 0 Å². The number of rotatable bonds is 3. The average molecular weight is 258 g/mol. The summed E-state index contributed by atoms with van der Waals surface area (Å²) in [6, 6.07) is 3.46. The van der Waals surface area contributed by atoms with E-state index in [1.807, 2.05) is 13.8 Å². The van der Waals surface area contributed by atoms with Gasteiger partial charge in [-0.3, -0.25) is 4.79 Å². The molecule has 0 spiro atoms. The molecule has 0 bridgehead atoms. The first-order chi connectivity index (χ1) is 9.04. The number of carbonyl (C=O) groups is 1. The number of amides is 1. The highest BCUT2D eigenvalue weighted by molar-refractivity contribution is 5.95. The summed E-state index contributed by atoms with van der Waals surface area (Å²) < 4.78 is 0. The molecule has 100 valence electrons. The molecule has 0 radical (unpaired) electrons. The van der Waals surface area contributed by atoms with Crippen LogP contribution in [0.5, 0.6) is 0 Å². The van der Waals surface area contributed by atoms with Crippen molar-refractivity contribution < 1.29 is 9.90 Å². The van der Waals surface area contributed by atoms with Crippen molar-refractivity contribution in [1.29, 1.82) is 0 Å². The number of aliphatic hydroxyl groups is 1. The Kier molecular flexibility index (Phi) is 3.87. The fourth-order valence-corrected chi connectivity index (χ4v) is 2.08. The zero-order valence-corrected chi connectivity index (χ0v) is 11.2. The van der Waals surface area contributed by atoms with Crippen LogP contribution in [-0.4, -0.2) is 28.1 Å². The van der Waals surface area contributed by atoms with Crippen molar-refractivity contribution in [3.63, 3.8) is 0 Å². The lowest BCUT2D eigenvalue weighted by atomic mass is 9.98. The molecule has 19 heavy (non-hydrogen) atoms. The second-order valence-corrected chi connectivity index (χ2v) is 5.31. The largest absolute Gasteiger partial charge is 0.384 e. The van der Waals surface area contributed by atoms with Crippen molar-refractivity contribution in [2.45, 2.75) is 32.2 Å². The van der Waals surface area contributed by atoms with Crippen LogP contribution in [0.1, 0.15) is 42.7 Å². The molecule has 1 fully saturated rings. The number of hydrogen-bond donors (Lipinski definition) is 2. The van der Waals surface area contributed by atoms with E-state index in [2.05, 4.69) is 22.1 Å². The van der Waals surface area contributed by atoms with Crippen molar-refractivity contribution in [3.8, 4) is 11.8 Å². The number of aromatic nitrogens is 1. The van der Waals surface area contributed by atoms with Crippen LogP contribution in [-0.2, 0) is 0 Å². The second-order valence-electron chi connectivity index (χ2n) is 5.31. The molecule has 0 aromatic carbocycles. The van der Waals surface area contributed by atoms with Crippen molar-refractivity contribution in [3.05, 3.63) is 29.6 Å². The van der Waals surface area contributed by atoms with Gasteiger partial charge in [0.2, 0.25) is 0 Å². The summed E-state index contributed by atoms with van der Waals surface area (Å²) in [7, 11) is 0. The van der Waals surface area contributed by atoms with E-state index >= 15 is 0 Å². The van der Waals surface area contributed by atoms with E-state index in [1.165, 1.54) is 0 Å². The smallest absolute Gasteiger partial charge is 0.271 e. The maximum atomic E-state index is 12.3. The van der Waals surface area contributed by atoms with Gasteiger partial charge in [0.25, 0.3) is 5.91 Å². The maximum Gasteiger partial charge on any atom is 0.271 e. The molecule has 0 saturated heterocycles. The molecule has 1 aromatic rings. The van der Waals surface area contributed by atoms with Crippen LogP contribution in [0, 0.1) is 17.8 Å². The summed E-state index contributed by atoms with van der Waals surface area (Å²) in [6.07, 6.45) is 3.89. The van der Waals surface area contributed by atoms with Crippen LogP contribution in [0.25, 0.3) is 0 Å².